The van der Waals surface area contributed by atoms with Crippen LogP contribution in [0.4, 0.5) is 0 Å². The predicted molar refractivity (Wildman–Crippen MR) is 61.4 cm³/mol. The molecule has 0 aromatic rings. The number of thioether (sulfide) groups is 1. The van der Waals surface area contributed by atoms with E-state index in [9.17, 15) is 4.79 Å². The second-order valence-electron chi connectivity index (χ2n) is 3.88. The summed E-state index contributed by atoms with van der Waals surface area (Å²) in [6, 6.07) is -0.237. The molecule has 0 saturated heterocycles. The summed E-state index contributed by atoms with van der Waals surface area (Å²) in [5, 5.41) is 12.8. The molecule has 1 fully saturated rings. The van der Waals surface area contributed by atoms with E-state index < -0.39 is 12.0 Å². The van der Waals surface area contributed by atoms with Crippen molar-refractivity contribution in [1.29, 1.82) is 0 Å². The maximum atomic E-state index is 10.9. The maximum absolute atomic E-state index is 10.9. The number of ether oxygens (including phenoxy) is 1. The van der Waals surface area contributed by atoms with Crippen molar-refractivity contribution in [2.75, 3.05) is 20.0 Å². The Kier molecular flexibility index (Phi) is 5.42. The van der Waals surface area contributed by atoms with Crippen molar-refractivity contribution in [3.8, 4) is 0 Å². The van der Waals surface area contributed by atoms with Crippen LogP contribution in [0, 0.1) is 0 Å². The third-order valence-electron chi connectivity index (χ3n) is 2.79. The summed E-state index contributed by atoms with van der Waals surface area (Å²) in [4.78, 5) is 10.9. The van der Waals surface area contributed by atoms with Crippen LogP contribution in [0.3, 0.4) is 0 Å². The lowest BCUT2D eigenvalue weighted by Gasteiger charge is -2.18. The van der Waals surface area contributed by atoms with E-state index in [1.165, 1.54) is 13.5 Å². The number of aliphatic carboxylic acids is 1. The van der Waals surface area contributed by atoms with Gasteiger partial charge in [-0.25, -0.2) is 0 Å². The molecule has 0 aromatic carbocycles. The molecule has 1 aliphatic carbocycles. The van der Waals surface area contributed by atoms with Crippen molar-refractivity contribution in [3.05, 3.63) is 0 Å². The van der Waals surface area contributed by atoms with E-state index in [1.54, 1.807) is 0 Å². The van der Waals surface area contributed by atoms with Crippen molar-refractivity contribution in [2.45, 2.75) is 36.6 Å². The summed E-state index contributed by atoms with van der Waals surface area (Å²) in [7, 11) is 1.52. The van der Waals surface area contributed by atoms with E-state index in [2.05, 4.69) is 11.6 Å². The van der Waals surface area contributed by atoms with Crippen LogP contribution < -0.4 is 5.32 Å². The van der Waals surface area contributed by atoms with Gasteiger partial charge < -0.3 is 9.84 Å². The molecule has 0 bridgehead atoms. The van der Waals surface area contributed by atoms with E-state index in [1.807, 2.05) is 11.8 Å². The van der Waals surface area contributed by atoms with Crippen LogP contribution in [0.25, 0.3) is 0 Å². The van der Waals surface area contributed by atoms with Gasteiger partial charge in [0.2, 0.25) is 0 Å². The highest BCUT2D eigenvalue weighted by Crippen LogP contribution is 2.28. The highest BCUT2D eigenvalue weighted by Gasteiger charge is 2.28. The van der Waals surface area contributed by atoms with E-state index >= 15 is 0 Å². The van der Waals surface area contributed by atoms with E-state index in [4.69, 9.17) is 9.84 Å². The summed E-state index contributed by atoms with van der Waals surface area (Å²) in [6.45, 7) is 0.232. The zero-order chi connectivity index (χ0) is 11.3. The molecule has 1 aliphatic rings. The molecular weight excluding hydrogens is 214 g/mol. The van der Waals surface area contributed by atoms with Gasteiger partial charge in [-0.3, -0.25) is 10.1 Å². The second-order valence-corrected chi connectivity index (χ2v) is 5.02. The molecule has 3 atom stereocenters. The Balaban J connectivity index is 2.35. The molecule has 15 heavy (non-hydrogen) atoms. The molecule has 0 aromatic heterocycles. The van der Waals surface area contributed by atoms with Gasteiger partial charge in [0, 0.05) is 18.4 Å². The van der Waals surface area contributed by atoms with Crippen LogP contribution in [-0.2, 0) is 9.53 Å². The van der Waals surface area contributed by atoms with Gasteiger partial charge in [0.1, 0.15) is 6.04 Å². The molecule has 0 aliphatic heterocycles. The first-order valence-electron chi connectivity index (χ1n) is 5.18. The van der Waals surface area contributed by atoms with Crippen LogP contribution in [0.5, 0.6) is 0 Å². The summed E-state index contributed by atoms with van der Waals surface area (Å²) >= 11 is 1.87. The minimum absolute atomic E-state index is 0.232. The molecule has 0 amide bonds. The van der Waals surface area contributed by atoms with Crippen LogP contribution in [-0.4, -0.2) is 48.4 Å². The Morgan fingerprint density at radius 3 is 2.87 bits per heavy atom. The standard InChI is InChI=1S/C10H19NO3S/c1-14-6-9(10(12)13)11-7-3-4-8(5-7)15-2/h7-9,11H,3-6H2,1-2H3,(H,12,13). The average Bonchev–Trinajstić information content (AvgIpc) is 2.65. The lowest BCUT2D eigenvalue weighted by molar-refractivity contribution is -0.141. The molecule has 1 rings (SSSR count). The Labute approximate surface area is 94.8 Å². The second kappa shape index (κ2) is 6.35. The van der Waals surface area contributed by atoms with Crippen LogP contribution in [0.15, 0.2) is 0 Å². The monoisotopic (exact) mass is 233 g/mol. The SMILES string of the molecule is COCC(NC1CCC(SC)C1)C(=O)O. The highest BCUT2D eigenvalue weighted by molar-refractivity contribution is 7.99. The van der Waals surface area contributed by atoms with Gasteiger partial charge in [-0.2, -0.15) is 11.8 Å². The lowest BCUT2D eigenvalue weighted by atomic mass is 10.2. The minimum Gasteiger partial charge on any atom is -0.480 e. The molecule has 0 radical (unpaired) electrons. The number of rotatable bonds is 6. The molecule has 0 heterocycles. The number of carboxylic acid groups (broad SMARTS) is 1. The number of hydrogen-bond donors (Lipinski definition) is 2. The third kappa shape index (κ3) is 4.01. The van der Waals surface area contributed by atoms with Gasteiger partial charge in [-0.15, -0.1) is 0 Å². The summed E-state index contributed by atoms with van der Waals surface area (Å²) in [5.41, 5.74) is 0. The van der Waals surface area contributed by atoms with Crippen LogP contribution in [0.2, 0.25) is 0 Å². The smallest absolute Gasteiger partial charge is 0.323 e. The first-order chi connectivity index (χ1) is 7.17. The maximum Gasteiger partial charge on any atom is 0.323 e. The third-order valence-corrected chi connectivity index (χ3v) is 3.88. The zero-order valence-electron chi connectivity index (χ0n) is 9.23. The Morgan fingerprint density at radius 1 is 1.67 bits per heavy atom. The van der Waals surface area contributed by atoms with Gasteiger partial charge in [0.25, 0.3) is 0 Å². The highest BCUT2D eigenvalue weighted by atomic mass is 32.2. The lowest BCUT2D eigenvalue weighted by Crippen LogP contribution is -2.45. The number of methoxy groups -OCH3 is 1. The van der Waals surface area contributed by atoms with Gasteiger partial charge in [-0.1, -0.05) is 0 Å². The number of hydrogen-bond acceptors (Lipinski definition) is 4. The quantitative estimate of drug-likeness (QED) is 0.715. The number of nitrogens with one attached hydrogen (secondary N) is 1. The van der Waals surface area contributed by atoms with Crippen LogP contribution in [0.1, 0.15) is 19.3 Å². The predicted octanol–water partition coefficient (Wildman–Crippen LogP) is 0.960. The summed E-state index contributed by atoms with van der Waals surface area (Å²) in [6.07, 6.45) is 5.42. The molecule has 4 nitrogen and oxygen atoms in total. The molecule has 0 spiro atoms. The first kappa shape index (κ1) is 12.8. The normalized spacial score (nSPS) is 27.9. The van der Waals surface area contributed by atoms with E-state index in [0.717, 1.165) is 12.8 Å². The Bertz CT molecular complexity index is 213. The fraction of sp³-hybridized carbons (Fsp3) is 0.900. The molecular formula is C10H19NO3S. The minimum atomic E-state index is -0.829. The topological polar surface area (TPSA) is 58.6 Å². The van der Waals surface area contributed by atoms with Crippen molar-refractivity contribution in [1.82, 2.24) is 5.32 Å². The summed E-state index contributed by atoms with van der Waals surface area (Å²) in [5.74, 6) is -0.829. The van der Waals surface area contributed by atoms with Crippen molar-refractivity contribution in [2.24, 2.45) is 0 Å². The molecule has 2 N–H and O–H groups in total. The van der Waals surface area contributed by atoms with Crippen molar-refractivity contribution >= 4 is 17.7 Å². The largest absolute Gasteiger partial charge is 0.480 e. The fourth-order valence-corrected chi connectivity index (χ4v) is 2.74. The Hall–Kier alpha value is -0.260. The van der Waals surface area contributed by atoms with Gasteiger partial charge >= 0.3 is 5.97 Å². The zero-order valence-corrected chi connectivity index (χ0v) is 10.0. The van der Waals surface area contributed by atoms with Gasteiger partial charge in [-0.05, 0) is 25.5 Å². The van der Waals surface area contributed by atoms with E-state index in [0.29, 0.717) is 11.3 Å². The molecule has 88 valence electrons. The Morgan fingerprint density at radius 2 is 2.40 bits per heavy atom. The van der Waals surface area contributed by atoms with Gasteiger partial charge in [0.05, 0.1) is 6.61 Å². The average molecular weight is 233 g/mol. The number of carboxylic acids is 1. The van der Waals surface area contributed by atoms with Crippen molar-refractivity contribution < 1.29 is 14.6 Å². The van der Waals surface area contributed by atoms with E-state index in [-0.39, 0.29) is 6.61 Å². The van der Waals surface area contributed by atoms with Crippen LogP contribution >= 0.6 is 11.8 Å². The first-order valence-corrected chi connectivity index (χ1v) is 6.46. The molecule has 5 heteroatoms. The summed E-state index contributed by atoms with van der Waals surface area (Å²) < 4.78 is 4.88. The number of carbonyl (C=O) groups is 1. The van der Waals surface area contributed by atoms with Crippen molar-refractivity contribution in [3.63, 3.8) is 0 Å². The van der Waals surface area contributed by atoms with Gasteiger partial charge in [0.15, 0.2) is 0 Å². The molecule has 1 saturated carbocycles. The molecule has 3 unspecified atom stereocenters. The fourth-order valence-electron chi connectivity index (χ4n) is 1.95.